The Labute approximate surface area is 247 Å². The number of aromatic nitrogens is 2. The minimum Gasteiger partial charge on any atom is -0.461 e. The molecule has 1 amide bonds. The van der Waals surface area contributed by atoms with Crippen LogP contribution in [0.25, 0.3) is 10.9 Å². The summed E-state index contributed by atoms with van der Waals surface area (Å²) in [5.41, 5.74) is 3.37. The highest BCUT2D eigenvalue weighted by Gasteiger charge is 2.31. The molecule has 1 N–H and O–H groups in total. The zero-order chi connectivity index (χ0) is 29.1. The maximum atomic E-state index is 14.2. The molecule has 10 heteroatoms. The van der Waals surface area contributed by atoms with Crippen LogP contribution in [-0.4, -0.2) is 45.1 Å². The summed E-state index contributed by atoms with van der Waals surface area (Å²) in [6.07, 6.45) is 4.88. The number of hydrogen-bond donors (Lipinski definition) is 1. The monoisotopic (exact) mass is 593 g/mol. The smallest absolute Gasteiger partial charge is 0.357 e. The van der Waals surface area contributed by atoms with Gasteiger partial charge in [0.15, 0.2) is 10.8 Å². The van der Waals surface area contributed by atoms with Crippen molar-refractivity contribution in [3.05, 3.63) is 80.9 Å². The van der Waals surface area contributed by atoms with E-state index in [0.29, 0.717) is 38.1 Å². The molecule has 0 spiro atoms. The molecule has 1 saturated carbocycles. The molecule has 0 radical (unpaired) electrons. The highest BCUT2D eigenvalue weighted by atomic mass is 35.5. The lowest BCUT2D eigenvalue weighted by Gasteiger charge is -2.32. The van der Waals surface area contributed by atoms with Gasteiger partial charge < -0.3 is 9.84 Å². The Morgan fingerprint density at radius 2 is 1.85 bits per heavy atom. The summed E-state index contributed by atoms with van der Waals surface area (Å²) in [7, 11) is 0. The molecule has 8 nitrogen and oxygen atoms in total. The Balaban J connectivity index is 1.56. The molecular weight excluding hydrogens is 562 g/mol. The molecule has 0 atom stereocenters. The van der Waals surface area contributed by atoms with E-state index in [9.17, 15) is 19.5 Å². The number of fused-ring (bicyclic) bond motifs is 1. The summed E-state index contributed by atoms with van der Waals surface area (Å²) in [4.78, 5) is 46.4. The maximum absolute atomic E-state index is 14.2. The fourth-order valence-electron chi connectivity index (χ4n) is 5.55. The standard InChI is InChI=1S/C31H32ClN3O5S/c1-3-40-30(39)26-18-41-31(33-26)35(23-7-5-4-6-8-23)28(37)16-24-19(2)34(27-14-9-20(17-36)15-25(24)27)29(38)21-10-12-22(32)13-11-21/h9-15,18,23,36H,3-8,16-17H2,1-2H3. The van der Waals surface area contributed by atoms with Crippen molar-refractivity contribution in [3.8, 4) is 0 Å². The number of anilines is 1. The number of thiazole rings is 1. The van der Waals surface area contributed by atoms with Crippen molar-refractivity contribution < 1.29 is 24.2 Å². The molecule has 2 heterocycles. The first-order chi connectivity index (χ1) is 19.8. The lowest BCUT2D eigenvalue weighted by molar-refractivity contribution is -0.118. The lowest BCUT2D eigenvalue weighted by atomic mass is 9.94. The first-order valence-electron chi connectivity index (χ1n) is 13.8. The molecule has 1 aliphatic carbocycles. The average molecular weight is 594 g/mol. The second-order valence-electron chi connectivity index (χ2n) is 10.2. The minimum absolute atomic E-state index is 0.0307. The quantitative estimate of drug-likeness (QED) is 0.240. The van der Waals surface area contributed by atoms with Crippen molar-refractivity contribution in [2.75, 3.05) is 11.5 Å². The fraction of sp³-hybridized carbons (Fsp3) is 0.355. The first kappa shape index (κ1) is 29.0. The number of hydrogen-bond acceptors (Lipinski definition) is 7. The van der Waals surface area contributed by atoms with Gasteiger partial charge in [-0.25, -0.2) is 9.78 Å². The number of aliphatic hydroxyl groups excluding tert-OH is 1. The van der Waals surface area contributed by atoms with Crippen LogP contribution in [0.5, 0.6) is 0 Å². The van der Waals surface area contributed by atoms with Crippen molar-refractivity contribution in [2.24, 2.45) is 0 Å². The summed E-state index contributed by atoms with van der Waals surface area (Å²) < 4.78 is 6.74. The second kappa shape index (κ2) is 12.5. The Bertz CT molecular complexity index is 1590. The van der Waals surface area contributed by atoms with Crippen LogP contribution in [0.1, 0.15) is 76.7 Å². The van der Waals surface area contributed by atoms with Crippen molar-refractivity contribution >= 4 is 56.8 Å². The molecular formula is C31H32ClN3O5S. The summed E-state index contributed by atoms with van der Waals surface area (Å²) in [6, 6.07) is 12.1. The molecule has 41 heavy (non-hydrogen) atoms. The Morgan fingerprint density at radius 1 is 1.12 bits per heavy atom. The largest absolute Gasteiger partial charge is 0.461 e. The van der Waals surface area contributed by atoms with Crippen LogP contribution < -0.4 is 4.90 Å². The van der Waals surface area contributed by atoms with Gasteiger partial charge in [0, 0.05) is 33.1 Å². The predicted molar refractivity (Wildman–Crippen MR) is 160 cm³/mol. The summed E-state index contributed by atoms with van der Waals surface area (Å²) in [5, 5.41) is 13.2. The van der Waals surface area contributed by atoms with Crippen molar-refractivity contribution in [3.63, 3.8) is 0 Å². The van der Waals surface area contributed by atoms with Crippen molar-refractivity contribution in [1.82, 2.24) is 9.55 Å². The van der Waals surface area contributed by atoms with Gasteiger partial charge in [0.05, 0.1) is 25.2 Å². The second-order valence-corrected chi connectivity index (χ2v) is 11.5. The van der Waals surface area contributed by atoms with Crippen LogP contribution in [-0.2, 0) is 22.6 Å². The molecule has 0 unspecified atom stereocenters. The fourth-order valence-corrected chi connectivity index (χ4v) is 6.56. The number of ether oxygens (including phenoxy) is 1. The van der Waals surface area contributed by atoms with Gasteiger partial charge >= 0.3 is 5.97 Å². The highest BCUT2D eigenvalue weighted by molar-refractivity contribution is 7.14. The zero-order valence-corrected chi connectivity index (χ0v) is 24.6. The van der Waals surface area contributed by atoms with E-state index in [1.807, 2.05) is 13.0 Å². The number of amides is 1. The van der Waals surface area contributed by atoms with E-state index in [1.54, 1.807) is 58.2 Å². The Morgan fingerprint density at radius 3 is 2.54 bits per heavy atom. The predicted octanol–water partition coefficient (Wildman–Crippen LogP) is 6.33. The molecule has 214 valence electrons. The van der Waals surface area contributed by atoms with Gasteiger partial charge in [0.25, 0.3) is 5.91 Å². The van der Waals surface area contributed by atoms with Gasteiger partial charge in [-0.05, 0) is 74.2 Å². The number of carbonyl (C=O) groups is 3. The van der Waals surface area contributed by atoms with Crippen LogP contribution in [0.15, 0.2) is 47.8 Å². The van der Waals surface area contributed by atoms with Gasteiger partial charge in [0.2, 0.25) is 5.91 Å². The molecule has 2 aromatic heterocycles. The van der Waals surface area contributed by atoms with Gasteiger partial charge in [-0.1, -0.05) is 36.9 Å². The van der Waals surface area contributed by atoms with Crippen LogP contribution in [0.4, 0.5) is 5.13 Å². The van der Waals surface area contributed by atoms with Crippen LogP contribution in [0, 0.1) is 6.92 Å². The van der Waals surface area contributed by atoms with Crippen molar-refractivity contribution in [2.45, 2.75) is 65.0 Å². The lowest BCUT2D eigenvalue weighted by Crippen LogP contribution is -2.42. The third kappa shape index (κ3) is 5.93. The SMILES string of the molecule is CCOC(=O)c1csc(N(C(=O)Cc2c(C)n(C(=O)c3ccc(Cl)cc3)c3ccc(CO)cc23)C2CCCCC2)n1. The summed E-state index contributed by atoms with van der Waals surface area (Å²) >= 11 is 7.31. The maximum Gasteiger partial charge on any atom is 0.357 e. The number of halogens is 1. The number of rotatable bonds is 8. The third-order valence-electron chi connectivity index (χ3n) is 7.60. The van der Waals surface area contributed by atoms with E-state index in [1.165, 1.54) is 11.3 Å². The molecule has 2 aromatic carbocycles. The normalized spacial score (nSPS) is 13.9. The number of benzene rings is 2. The van der Waals surface area contributed by atoms with E-state index < -0.39 is 5.97 Å². The molecule has 1 fully saturated rings. The number of carbonyl (C=O) groups excluding carboxylic acids is 3. The van der Waals surface area contributed by atoms with E-state index in [-0.39, 0.29) is 43.2 Å². The van der Waals surface area contributed by atoms with Gasteiger partial charge in [0.1, 0.15) is 0 Å². The Hall–Kier alpha value is -3.53. The van der Waals surface area contributed by atoms with Gasteiger partial charge in [-0.15, -0.1) is 11.3 Å². The van der Waals surface area contributed by atoms with E-state index in [4.69, 9.17) is 16.3 Å². The highest BCUT2D eigenvalue weighted by Crippen LogP contribution is 2.33. The number of aliphatic hydroxyl groups is 1. The summed E-state index contributed by atoms with van der Waals surface area (Å²) in [5.74, 6) is -0.901. The Kier molecular flexibility index (Phi) is 8.87. The molecule has 0 aliphatic heterocycles. The van der Waals surface area contributed by atoms with Crippen LogP contribution in [0.3, 0.4) is 0 Å². The van der Waals surface area contributed by atoms with E-state index in [2.05, 4.69) is 4.98 Å². The van der Waals surface area contributed by atoms with Gasteiger partial charge in [-0.2, -0.15) is 0 Å². The third-order valence-corrected chi connectivity index (χ3v) is 8.69. The van der Waals surface area contributed by atoms with E-state index in [0.717, 1.165) is 37.5 Å². The average Bonchev–Trinajstić information content (AvgIpc) is 3.57. The van der Waals surface area contributed by atoms with Crippen LogP contribution in [0.2, 0.25) is 5.02 Å². The minimum atomic E-state index is -0.512. The summed E-state index contributed by atoms with van der Waals surface area (Å²) in [6.45, 7) is 3.65. The van der Waals surface area contributed by atoms with Crippen molar-refractivity contribution in [1.29, 1.82) is 0 Å². The molecule has 1 aliphatic rings. The zero-order valence-electron chi connectivity index (χ0n) is 23.1. The molecule has 4 aromatic rings. The van der Waals surface area contributed by atoms with Crippen LogP contribution >= 0.6 is 22.9 Å². The first-order valence-corrected chi connectivity index (χ1v) is 15.1. The number of nitrogens with zero attached hydrogens (tertiary/aromatic N) is 3. The van der Waals surface area contributed by atoms with E-state index >= 15 is 0 Å². The topological polar surface area (TPSA) is 102 Å². The molecule has 0 bridgehead atoms. The number of esters is 1. The molecule has 5 rings (SSSR count). The molecule has 0 saturated heterocycles. The van der Waals surface area contributed by atoms with Gasteiger partial charge in [-0.3, -0.25) is 19.1 Å².